The molecule has 0 fully saturated rings. The summed E-state index contributed by atoms with van der Waals surface area (Å²) >= 11 is 0. The van der Waals surface area contributed by atoms with Gasteiger partial charge in [-0.15, -0.1) is 0 Å². The summed E-state index contributed by atoms with van der Waals surface area (Å²) < 4.78 is 6.55. The van der Waals surface area contributed by atoms with E-state index >= 15 is 0 Å². The van der Waals surface area contributed by atoms with Gasteiger partial charge in [0.25, 0.3) is 0 Å². The number of allylic oxidation sites excluding steroid dienone is 3. The van der Waals surface area contributed by atoms with Gasteiger partial charge < -0.3 is 31.8 Å². The van der Waals surface area contributed by atoms with Crippen molar-refractivity contribution in [1.82, 2.24) is 14.9 Å². The van der Waals surface area contributed by atoms with Gasteiger partial charge in [0.2, 0.25) is 11.9 Å². The van der Waals surface area contributed by atoms with E-state index < -0.39 is 11.9 Å². The largest absolute Gasteiger partial charge is 0.465 e. The highest BCUT2D eigenvalue weighted by atomic mass is 16.5. The van der Waals surface area contributed by atoms with Crippen molar-refractivity contribution in [3.8, 4) is 0 Å². The number of anilines is 1. The summed E-state index contributed by atoms with van der Waals surface area (Å²) in [7, 11) is 1.33. The molecule has 9 nitrogen and oxygen atoms in total. The zero-order valence-electron chi connectivity index (χ0n) is 17.0. The average molecular weight is 410 g/mol. The predicted octanol–water partition coefficient (Wildman–Crippen LogP) is 1.34. The van der Waals surface area contributed by atoms with Gasteiger partial charge in [-0.1, -0.05) is 24.8 Å². The highest BCUT2D eigenvalue weighted by Crippen LogP contribution is 2.20. The molecule has 0 saturated heterocycles. The molecule has 0 aliphatic rings. The Hall–Kier alpha value is -4.01. The number of ether oxygens (including phenoxy) is 1. The van der Waals surface area contributed by atoms with Crippen LogP contribution in [0.25, 0.3) is 11.0 Å². The average Bonchev–Trinajstić information content (AvgIpc) is 3.04. The molecular weight excluding hydrogens is 384 g/mol. The molecular formula is C21H26N6O3. The molecule has 1 amide bonds. The molecule has 2 rings (SSSR count). The Morgan fingerprint density at radius 2 is 2.03 bits per heavy atom. The van der Waals surface area contributed by atoms with Crippen LogP contribution in [0, 0.1) is 0 Å². The Bertz CT molecular complexity index is 1060. The number of esters is 1. The second-order valence-electron chi connectivity index (χ2n) is 6.38. The van der Waals surface area contributed by atoms with Crippen LogP contribution in [0.1, 0.15) is 17.3 Å². The summed E-state index contributed by atoms with van der Waals surface area (Å²) in [5, 5.41) is 3.14. The zero-order valence-corrected chi connectivity index (χ0v) is 17.0. The Morgan fingerprint density at radius 3 is 2.67 bits per heavy atom. The SMILES string of the molecule is C=C/C(=C\C(N)=C(/C)NC/C=C/Cn1c(N)nc2cc(C(=O)OC)ccc21)C(N)=O. The molecule has 0 unspecified atom stereocenters. The van der Waals surface area contributed by atoms with Crippen LogP contribution in [0.5, 0.6) is 0 Å². The molecule has 2 aromatic rings. The van der Waals surface area contributed by atoms with Crippen LogP contribution in [0.3, 0.4) is 0 Å². The van der Waals surface area contributed by atoms with Crippen molar-refractivity contribution >= 4 is 28.9 Å². The predicted molar refractivity (Wildman–Crippen MR) is 117 cm³/mol. The number of benzene rings is 1. The minimum absolute atomic E-state index is 0.238. The number of rotatable bonds is 9. The first kappa shape index (κ1) is 22.3. The molecule has 1 aromatic heterocycles. The van der Waals surface area contributed by atoms with Crippen LogP contribution in [-0.2, 0) is 16.1 Å². The van der Waals surface area contributed by atoms with Crippen LogP contribution >= 0.6 is 0 Å². The fourth-order valence-corrected chi connectivity index (χ4v) is 2.67. The number of nitrogen functional groups attached to an aromatic ring is 1. The van der Waals surface area contributed by atoms with Gasteiger partial charge in [0.15, 0.2) is 0 Å². The topological polar surface area (TPSA) is 151 Å². The third-order valence-electron chi connectivity index (χ3n) is 4.39. The molecule has 0 bridgehead atoms. The maximum absolute atomic E-state index is 11.7. The van der Waals surface area contributed by atoms with E-state index in [1.165, 1.54) is 19.3 Å². The first-order valence-corrected chi connectivity index (χ1v) is 9.11. The standard InChI is InChI=1S/C21H26N6O3/c1-4-14(19(23)28)11-16(22)13(2)25-9-5-6-10-27-18-8-7-15(20(29)30-3)12-17(18)26-21(27)24/h4-8,11-12,25H,1,9-10,22H2,2-3H3,(H2,23,28)(H2,24,26)/b6-5+,14-11+,16-13-. The van der Waals surface area contributed by atoms with Crippen molar-refractivity contribution in [2.45, 2.75) is 13.5 Å². The van der Waals surface area contributed by atoms with Crippen molar-refractivity contribution in [3.05, 3.63) is 71.6 Å². The van der Waals surface area contributed by atoms with Crippen molar-refractivity contribution in [2.75, 3.05) is 19.4 Å². The third-order valence-corrected chi connectivity index (χ3v) is 4.39. The second-order valence-corrected chi connectivity index (χ2v) is 6.38. The molecule has 9 heteroatoms. The number of methoxy groups -OCH3 is 1. The van der Waals surface area contributed by atoms with Gasteiger partial charge >= 0.3 is 5.97 Å². The van der Waals surface area contributed by atoms with Crippen molar-refractivity contribution in [3.63, 3.8) is 0 Å². The summed E-state index contributed by atoms with van der Waals surface area (Å²) in [6.07, 6.45) is 6.67. The van der Waals surface area contributed by atoms with Gasteiger partial charge in [-0.2, -0.15) is 0 Å². The van der Waals surface area contributed by atoms with Crippen molar-refractivity contribution in [2.24, 2.45) is 11.5 Å². The van der Waals surface area contributed by atoms with Crippen LogP contribution < -0.4 is 22.5 Å². The number of imidazole rings is 1. The number of aromatic nitrogens is 2. The zero-order chi connectivity index (χ0) is 22.3. The molecule has 7 N–H and O–H groups in total. The second kappa shape index (κ2) is 9.97. The third kappa shape index (κ3) is 5.28. The number of nitrogens with two attached hydrogens (primary N) is 3. The van der Waals surface area contributed by atoms with E-state index in [1.807, 2.05) is 16.7 Å². The maximum atomic E-state index is 11.7. The molecule has 0 atom stereocenters. The first-order valence-electron chi connectivity index (χ1n) is 9.11. The van der Waals surface area contributed by atoms with Crippen LogP contribution in [0.15, 0.2) is 66.0 Å². The number of nitrogens with one attached hydrogen (secondary N) is 1. The molecule has 0 radical (unpaired) electrons. The van der Waals surface area contributed by atoms with E-state index in [0.29, 0.717) is 41.5 Å². The number of fused-ring (bicyclic) bond motifs is 1. The molecule has 0 aliphatic carbocycles. The summed E-state index contributed by atoms with van der Waals surface area (Å²) in [5.74, 6) is -0.674. The van der Waals surface area contributed by atoms with Gasteiger partial charge in [0, 0.05) is 24.4 Å². The van der Waals surface area contributed by atoms with Crippen LogP contribution in [0.4, 0.5) is 5.95 Å². The Labute approximate surface area is 174 Å². The normalized spacial score (nSPS) is 12.7. The highest BCUT2D eigenvalue weighted by molar-refractivity contribution is 5.95. The van der Waals surface area contributed by atoms with Gasteiger partial charge in [-0.3, -0.25) is 4.79 Å². The molecule has 0 aliphatic heterocycles. The lowest BCUT2D eigenvalue weighted by atomic mass is 10.2. The van der Waals surface area contributed by atoms with Gasteiger partial charge in [0.05, 0.1) is 29.4 Å². The Morgan fingerprint density at radius 1 is 1.30 bits per heavy atom. The van der Waals surface area contributed by atoms with E-state index in [2.05, 4.69) is 16.9 Å². The van der Waals surface area contributed by atoms with Gasteiger partial charge in [-0.05, 0) is 31.2 Å². The van der Waals surface area contributed by atoms with Crippen molar-refractivity contribution < 1.29 is 14.3 Å². The number of nitrogens with zero attached hydrogens (tertiary/aromatic N) is 2. The fourth-order valence-electron chi connectivity index (χ4n) is 2.67. The lowest BCUT2D eigenvalue weighted by Gasteiger charge is -2.07. The lowest BCUT2D eigenvalue weighted by molar-refractivity contribution is -0.114. The van der Waals surface area contributed by atoms with E-state index in [-0.39, 0.29) is 5.57 Å². The van der Waals surface area contributed by atoms with E-state index in [1.54, 1.807) is 25.1 Å². The summed E-state index contributed by atoms with van der Waals surface area (Å²) in [4.78, 5) is 27.2. The number of amides is 1. The number of carbonyl (C=O) groups is 2. The Balaban J connectivity index is 2.04. The van der Waals surface area contributed by atoms with E-state index in [9.17, 15) is 9.59 Å². The number of hydrogen-bond donors (Lipinski definition) is 4. The maximum Gasteiger partial charge on any atom is 0.337 e. The fraction of sp³-hybridized carbons (Fsp3) is 0.190. The van der Waals surface area contributed by atoms with Crippen molar-refractivity contribution in [1.29, 1.82) is 0 Å². The summed E-state index contributed by atoms with van der Waals surface area (Å²) in [6.45, 7) is 6.34. The summed E-state index contributed by atoms with van der Waals surface area (Å²) in [6, 6.07) is 5.10. The number of carbonyl (C=O) groups excluding carboxylic acids is 2. The van der Waals surface area contributed by atoms with Gasteiger partial charge in [-0.25, -0.2) is 9.78 Å². The minimum atomic E-state index is -0.593. The first-order chi connectivity index (χ1) is 14.3. The van der Waals surface area contributed by atoms with Crippen LogP contribution in [0.2, 0.25) is 0 Å². The summed E-state index contributed by atoms with van der Waals surface area (Å²) in [5.41, 5.74) is 20.4. The minimum Gasteiger partial charge on any atom is -0.465 e. The highest BCUT2D eigenvalue weighted by Gasteiger charge is 2.11. The van der Waals surface area contributed by atoms with E-state index in [0.717, 1.165) is 5.52 Å². The number of hydrogen-bond acceptors (Lipinski definition) is 7. The molecule has 1 heterocycles. The molecule has 30 heavy (non-hydrogen) atoms. The Kier molecular flexibility index (Phi) is 7.40. The molecule has 0 saturated carbocycles. The smallest absolute Gasteiger partial charge is 0.337 e. The molecule has 158 valence electrons. The molecule has 1 aromatic carbocycles. The van der Waals surface area contributed by atoms with Gasteiger partial charge in [0.1, 0.15) is 0 Å². The molecule has 0 spiro atoms. The quantitative estimate of drug-likeness (QED) is 0.211. The van der Waals surface area contributed by atoms with Crippen LogP contribution in [-0.4, -0.2) is 35.1 Å². The lowest BCUT2D eigenvalue weighted by Crippen LogP contribution is -2.18. The monoisotopic (exact) mass is 410 g/mol. The number of primary amides is 1. The van der Waals surface area contributed by atoms with E-state index in [4.69, 9.17) is 21.9 Å².